The van der Waals surface area contributed by atoms with Crippen molar-refractivity contribution in [3.8, 4) is 0 Å². The van der Waals surface area contributed by atoms with Crippen LogP contribution >= 0.6 is 0 Å². The molecule has 0 saturated carbocycles. The Hall–Kier alpha value is 0.353. The van der Waals surface area contributed by atoms with E-state index < -0.39 is 5.97 Å². The summed E-state index contributed by atoms with van der Waals surface area (Å²) in [4.78, 5) is 10.3. The molecule has 0 spiro atoms. The van der Waals surface area contributed by atoms with Crippen molar-refractivity contribution in [1.82, 2.24) is 0 Å². The van der Waals surface area contributed by atoms with Gasteiger partial charge in [0, 0.05) is 6.42 Å². The number of aliphatic carboxylic acids is 1. The van der Waals surface area contributed by atoms with Crippen molar-refractivity contribution in [2.75, 3.05) is 0 Å². The number of rotatable bonds is 14. The molecule has 3 heteroatoms. The number of unbranched alkanes of at least 4 members (excludes halogenated alkanes) is 12. The van der Waals surface area contributed by atoms with E-state index >= 15 is 0 Å². The van der Waals surface area contributed by atoms with Crippen LogP contribution in [0.4, 0.5) is 0 Å². The molecule has 2 nitrogen and oxygen atoms in total. The Morgan fingerprint density at radius 2 is 1.00 bits per heavy atom. The molecule has 1 N–H and O–H groups in total. The topological polar surface area (TPSA) is 37.3 Å². The van der Waals surface area contributed by atoms with Gasteiger partial charge in [-0.15, -0.1) is 0 Å². The molecule has 0 fully saturated rings. The molecule has 0 aliphatic rings. The molecule has 0 aromatic heterocycles. The predicted octanol–water partition coefficient (Wildman–Crippen LogP) is 4.37. The Morgan fingerprint density at radius 1 is 0.684 bits per heavy atom. The Kier molecular flexibility index (Phi) is 20.9. The third-order valence-corrected chi connectivity index (χ3v) is 3.49. The minimum absolute atomic E-state index is 0. The molecule has 0 radical (unpaired) electrons. The van der Waals surface area contributed by atoms with Crippen molar-refractivity contribution in [3.05, 3.63) is 0 Å². The second-order valence-electron chi connectivity index (χ2n) is 5.39. The molecule has 0 rings (SSSR count). The van der Waals surface area contributed by atoms with Crippen LogP contribution in [0.5, 0.6) is 0 Å². The maximum absolute atomic E-state index is 10.3. The molecule has 0 amide bonds. The average Bonchev–Trinajstić information content (AvgIpc) is 2.34. The second-order valence-corrected chi connectivity index (χ2v) is 5.39. The van der Waals surface area contributed by atoms with Gasteiger partial charge in [-0.3, -0.25) is 4.79 Å². The molecule has 0 saturated heterocycles. The van der Waals surface area contributed by atoms with E-state index in [1.165, 1.54) is 70.6 Å². The molecule has 0 unspecified atom stereocenters. The minimum atomic E-state index is -0.655. The fraction of sp³-hybridized carbons (Fsp3) is 0.938. The van der Waals surface area contributed by atoms with Crippen molar-refractivity contribution < 1.29 is 9.90 Å². The van der Waals surface area contributed by atoms with Gasteiger partial charge in [0.25, 0.3) is 0 Å². The molecule has 0 bridgehead atoms. The fourth-order valence-electron chi connectivity index (χ4n) is 2.29. The summed E-state index contributed by atoms with van der Waals surface area (Å²) in [5, 5.41) is 8.49. The predicted molar refractivity (Wildman–Crippen MR) is 87.9 cm³/mol. The number of carbonyl (C=O) groups is 1. The monoisotopic (exact) mass is 468 g/mol. The van der Waals surface area contributed by atoms with Crippen LogP contribution in [0.3, 0.4) is 0 Å². The van der Waals surface area contributed by atoms with Gasteiger partial charge in [-0.25, -0.2) is 0 Å². The van der Waals surface area contributed by atoms with E-state index in [0.717, 1.165) is 12.8 Å². The van der Waals surface area contributed by atoms with E-state index in [2.05, 4.69) is 6.92 Å². The van der Waals surface area contributed by atoms with E-state index in [-0.39, 0.29) is 26.2 Å². The Labute approximate surface area is 138 Å². The van der Waals surface area contributed by atoms with Crippen LogP contribution in [0.1, 0.15) is 96.8 Å². The summed E-state index contributed by atoms with van der Waals surface area (Å²) in [5.41, 5.74) is 0. The first-order valence-corrected chi connectivity index (χ1v) is 7.99. The molecule has 19 heavy (non-hydrogen) atoms. The quantitative estimate of drug-likeness (QED) is 0.304. The van der Waals surface area contributed by atoms with E-state index in [1.54, 1.807) is 0 Å². The standard InChI is InChI=1S/C16H32O2.Bi.3H/c1-2-3-4-5-6-7-8-9-10-11-12-13-14-15-16(17)18;;;;/h2-15H2,1H3,(H,17,18);;;;. The van der Waals surface area contributed by atoms with Gasteiger partial charge in [-0.1, -0.05) is 84.0 Å². The van der Waals surface area contributed by atoms with Gasteiger partial charge < -0.3 is 5.11 Å². The van der Waals surface area contributed by atoms with Crippen molar-refractivity contribution in [3.63, 3.8) is 0 Å². The zero-order valence-corrected chi connectivity index (χ0v) is 18.5. The summed E-state index contributed by atoms with van der Waals surface area (Å²) in [6.07, 6.45) is 17.3. The van der Waals surface area contributed by atoms with Gasteiger partial charge in [-0.05, 0) is 6.42 Å². The van der Waals surface area contributed by atoms with Crippen LogP contribution in [-0.4, -0.2) is 37.3 Å². The molecular formula is C16H35BiO2. The summed E-state index contributed by atoms with van der Waals surface area (Å²) in [6.45, 7) is 2.26. The first kappa shape index (κ1) is 21.6. The van der Waals surface area contributed by atoms with Gasteiger partial charge in [0.05, 0.1) is 0 Å². The van der Waals surface area contributed by atoms with Gasteiger partial charge in [0.15, 0.2) is 0 Å². The molecule has 0 aliphatic heterocycles. The van der Waals surface area contributed by atoms with Crippen LogP contribution in [0.2, 0.25) is 0 Å². The van der Waals surface area contributed by atoms with Crippen LogP contribution in [0.15, 0.2) is 0 Å². The number of carboxylic acids is 1. The summed E-state index contributed by atoms with van der Waals surface area (Å²) in [7, 11) is 0. The molecule has 0 heterocycles. The molecule has 116 valence electrons. The molecule has 0 atom stereocenters. The van der Waals surface area contributed by atoms with Crippen LogP contribution in [0.25, 0.3) is 0 Å². The summed E-state index contributed by atoms with van der Waals surface area (Å²) < 4.78 is 0. The maximum atomic E-state index is 10.3. The first-order valence-electron chi connectivity index (χ1n) is 7.99. The number of hydrogen-bond donors (Lipinski definition) is 1. The molecular weight excluding hydrogens is 433 g/mol. The third kappa shape index (κ3) is 20.8. The van der Waals surface area contributed by atoms with Crippen LogP contribution < -0.4 is 0 Å². The van der Waals surface area contributed by atoms with Crippen LogP contribution in [0, 0.1) is 0 Å². The van der Waals surface area contributed by atoms with Crippen molar-refractivity contribution >= 4 is 32.2 Å². The summed E-state index contributed by atoms with van der Waals surface area (Å²) >= 11 is 0. The summed E-state index contributed by atoms with van der Waals surface area (Å²) in [6, 6.07) is 0. The Balaban J connectivity index is 0. The fourth-order valence-corrected chi connectivity index (χ4v) is 2.29. The zero-order chi connectivity index (χ0) is 13.5. The van der Waals surface area contributed by atoms with E-state index in [0.29, 0.717) is 6.42 Å². The second kappa shape index (κ2) is 18.4. The molecule has 0 aliphatic carbocycles. The van der Waals surface area contributed by atoms with E-state index in [1.807, 2.05) is 0 Å². The van der Waals surface area contributed by atoms with Crippen molar-refractivity contribution in [2.45, 2.75) is 96.8 Å². The number of carboxylic acid groups (broad SMARTS) is 1. The van der Waals surface area contributed by atoms with Gasteiger partial charge in [-0.2, -0.15) is 0 Å². The summed E-state index contributed by atoms with van der Waals surface area (Å²) in [5.74, 6) is -0.655. The molecule has 0 aromatic carbocycles. The van der Waals surface area contributed by atoms with E-state index in [9.17, 15) is 4.79 Å². The van der Waals surface area contributed by atoms with E-state index in [4.69, 9.17) is 5.11 Å². The Morgan fingerprint density at radius 3 is 1.32 bits per heavy atom. The van der Waals surface area contributed by atoms with Gasteiger partial charge in [0.2, 0.25) is 0 Å². The van der Waals surface area contributed by atoms with Gasteiger partial charge >= 0.3 is 32.2 Å². The zero-order valence-electron chi connectivity index (χ0n) is 13.0. The van der Waals surface area contributed by atoms with Crippen LogP contribution in [-0.2, 0) is 4.79 Å². The Bertz CT molecular complexity index is 184. The normalized spacial score (nSPS) is 10.2. The first-order chi connectivity index (χ1) is 8.77. The van der Waals surface area contributed by atoms with Crippen molar-refractivity contribution in [1.29, 1.82) is 0 Å². The molecule has 0 aromatic rings. The van der Waals surface area contributed by atoms with Crippen molar-refractivity contribution in [2.24, 2.45) is 0 Å². The third-order valence-electron chi connectivity index (χ3n) is 3.49. The SMILES string of the molecule is CCCCCCCCCCCCCCCC(=O)O.[BiH3]. The van der Waals surface area contributed by atoms with Gasteiger partial charge in [0.1, 0.15) is 0 Å². The number of hydrogen-bond acceptors (Lipinski definition) is 1. The average molecular weight is 468 g/mol.